The number of hydrogen-bond donors (Lipinski definition) is 1. The van der Waals surface area contributed by atoms with Crippen molar-refractivity contribution in [2.75, 3.05) is 18.4 Å². The van der Waals surface area contributed by atoms with E-state index in [4.69, 9.17) is 11.6 Å². The van der Waals surface area contributed by atoms with Gasteiger partial charge in [-0.2, -0.15) is 0 Å². The molecular formula is C17H11BrClF3N4O2. The summed E-state index contributed by atoms with van der Waals surface area (Å²) in [5, 5.41) is 2.64. The molecule has 0 saturated heterocycles. The number of halogens is 5. The van der Waals surface area contributed by atoms with Crippen LogP contribution in [0.3, 0.4) is 0 Å². The molecule has 0 bridgehead atoms. The van der Waals surface area contributed by atoms with Gasteiger partial charge < -0.3 is 4.90 Å². The molecule has 1 aliphatic heterocycles. The van der Waals surface area contributed by atoms with Gasteiger partial charge >= 0.3 is 0 Å². The maximum absolute atomic E-state index is 14.6. The molecule has 1 aromatic heterocycles. The van der Waals surface area contributed by atoms with Gasteiger partial charge in [-0.25, -0.2) is 23.1 Å². The lowest BCUT2D eigenvalue weighted by atomic mass is 9.85. The fourth-order valence-electron chi connectivity index (χ4n) is 3.46. The van der Waals surface area contributed by atoms with Crippen LogP contribution >= 0.6 is 27.5 Å². The van der Waals surface area contributed by atoms with E-state index in [1.807, 2.05) is 0 Å². The van der Waals surface area contributed by atoms with Crippen molar-refractivity contribution in [2.24, 2.45) is 0 Å². The summed E-state index contributed by atoms with van der Waals surface area (Å²) in [5.74, 6) is -5.45. The molecule has 1 aromatic carbocycles. The minimum absolute atomic E-state index is 0.00667. The molecule has 1 spiro atoms. The van der Waals surface area contributed by atoms with E-state index in [-0.39, 0.29) is 26.6 Å². The van der Waals surface area contributed by atoms with Crippen LogP contribution in [-0.2, 0) is 10.2 Å². The number of nitrogens with zero attached hydrogens (tertiary/aromatic N) is 3. The van der Waals surface area contributed by atoms with Gasteiger partial charge in [0.1, 0.15) is 12.4 Å². The number of carbonyl (C=O) groups excluding carboxylic acids is 2. The van der Waals surface area contributed by atoms with Crippen LogP contribution in [0, 0.1) is 5.82 Å². The molecular weight excluding hydrogens is 465 g/mol. The SMILES string of the molecule is O=C(CN1C[C@@]2(CC2(F)F)c2c(ccc(Br)c2F)C1=O)Nc1ncc(Cl)cn1. The summed E-state index contributed by atoms with van der Waals surface area (Å²) in [6.45, 7) is -0.964. The highest BCUT2D eigenvalue weighted by Gasteiger charge is 2.75. The number of aromatic nitrogens is 2. The molecule has 6 nitrogen and oxygen atoms in total. The van der Waals surface area contributed by atoms with Crippen LogP contribution < -0.4 is 5.32 Å². The van der Waals surface area contributed by atoms with Crippen molar-refractivity contribution in [1.82, 2.24) is 14.9 Å². The number of nitrogens with one attached hydrogen (secondary N) is 1. The Balaban J connectivity index is 1.61. The molecule has 1 saturated carbocycles. The first-order valence-corrected chi connectivity index (χ1v) is 9.25. The zero-order chi connectivity index (χ0) is 20.3. The van der Waals surface area contributed by atoms with E-state index >= 15 is 0 Å². The molecule has 2 aromatic rings. The summed E-state index contributed by atoms with van der Waals surface area (Å²) in [6, 6.07) is 2.57. The van der Waals surface area contributed by atoms with Crippen LogP contribution in [0.4, 0.5) is 19.1 Å². The molecule has 2 amide bonds. The van der Waals surface area contributed by atoms with Crippen molar-refractivity contribution >= 4 is 45.3 Å². The van der Waals surface area contributed by atoms with Gasteiger partial charge in [0.15, 0.2) is 0 Å². The molecule has 28 heavy (non-hydrogen) atoms. The smallest absolute Gasteiger partial charge is 0.260 e. The van der Waals surface area contributed by atoms with E-state index in [9.17, 15) is 22.8 Å². The molecule has 2 heterocycles. The molecule has 0 unspecified atom stereocenters. The number of benzene rings is 1. The fourth-order valence-corrected chi connectivity index (χ4v) is 3.89. The normalized spacial score (nSPS) is 22.2. The summed E-state index contributed by atoms with van der Waals surface area (Å²) in [6.07, 6.45) is 1.95. The van der Waals surface area contributed by atoms with Crippen molar-refractivity contribution in [3.05, 3.63) is 51.0 Å². The van der Waals surface area contributed by atoms with E-state index < -0.39 is 48.5 Å². The molecule has 146 valence electrons. The first-order chi connectivity index (χ1) is 13.1. The third-order valence-electron chi connectivity index (χ3n) is 4.86. The molecule has 0 radical (unpaired) electrons. The van der Waals surface area contributed by atoms with E-state index in [2.05, 4.69) is 31.2 Å². The zero-order valence-corrected chi connectivity index (χ0v) is 16.3. The number of amides is 2. The zero-order valence-electron chi connectivity index (χ0n) is 14.0. The Hall–Kier alpha value is -2.20. The van der Waals surface area contributed by atoms with Gasteiger partial charge in [-0.3, -0.25) is 14.9 Å². The number of fused-ring (bicyclic) bond motifs is 2. The first-order valence-electron chi connectivity index (χ1n) is 8.08. The standard InChI is InChI=1S/C17H11BrClF3N4O2/c18-10-2-1-9-12(13(10)20)16(6-17(16,21)22)7-26(14(9)28)5-11(27)25-15-23-3-8(19)4-24-15/h1-4H,5-7H2,(H,23,24,25,27)/t16-/m0/s1. The highest BCUT2D eigenvalue weighted by Crippen LogP contribution is 2.64. The van der Waals surface area contributed by atoms with Gasteiger partial charge in [-0.15, -0.1) is 0 Å². The predicted octanol–water partition coefficient (Wildman–Crippen LogP) is 3.40. The Labute approximate surface area is 170 Å². The Morgan fingerprint density at radius 3 is 2.57 bits per heavy atom. The highest BCUT2D eigenvalue weighted by atomic mass is 79.9. The number of carbonyl (C=O) groups is 2. The lowest BCUT2D eigenvalue weighted by Gasteiger charge is -2.34. The Morgan fingerprint density at radius 1 is 1.32 bits per heavy atom. The Bertz CT molecular complexity index is 1000. The summed E-state index contributed by atoms with van der Waals surface area (Å²) in [7, 11) is 0. The predicted molar refractivity (Wildman–Crippen MR) is 96.9 cm³/mol. The second kappa shape index (κ2) is 6.41. The van der Waals surface area contributed by atoms with Gasteiger partial charge in [0.05, 0.1) is 27.3 Å². The van der Waals surface area contributed by atoms with Gasteiger partial charge in [0.25, 0.3) is 11.8 Å². The van der Waals surface area contributed by atoms with Crippen molar-refractivity contribution < 1.29 is 22.8 Å². The average Bonchev–Trinajstić information content (AvgIpc) is 3.17. The van der Waals surface area contributed by atoms with Crippen molar-refractivity contribution in [2.45, 2.75) is 17.8 Å². The Kier molecular flexibility index (Phi) is 4.38. The van der Waals surface area contributed by atoms with E-state index in [0.29, 0.717) is 0 Å². The minimum atomic E-state index is -3.17. The second-order valence-electron chi connectivity index (χ2n) is 6.68. The van der Waals surface area contributed by atoms with Crippen LogP contribution in [-0.4, -0.2) is 45.7 Å². The van der Waals surface area contributed by atoms with Crippen LogP contribution in [0.1, 0.15) is 22.3 Å². The van der Waals surface area contributed by atoms with Gasteiger partial charge in [0, 0.05) is 24.1 Å². The number of anilines is 1. The molecule has 1 fully saturated rings. The van der Waals surface area contributed by atoms with Gasteiger partial charge in [0.2, 0.25) is 11.9 Å². The first kappa shape index (κ1) is 19.1. The molecule has 11 heteroatoms. The number of rotatable bonds is 3. The lowest BCUT2D eigenvalue weighted by Crippen LogP contribution is -2.49. The maximum atomic E-state index is 14.6. The second-order valence-corrected chi connectivity index (χ2v) is 7.97. The topological polar surface area (TPSA) is 75.2 Å². The summed E-state index contributed by atoms with van der Waals surface area (Å²) in [4.78, 5) is 33.5. The molecule has 1 atom stereocenters. The summed E-state index contributed by atoms with van der Waals surface area (Å²) >= 11 is 8.64. The number of hydrogen-bond acceptors (Lipinski definition) is 4. The van der Waals surface area contributed by atoms with Crippen LogP contribution in [0.15, 0.2) is 29.0 Å². The Morgan fingerprint density at radius 2 is 1.96 bits per heavy atom. The van der Waals surface area contributed by atoms with E-state index in [0.717, 1.165) is 4.90 Å². The average molecular weight is 476 g/mol. The summed E-state index contributed by atoms with van der Waals surface area (Å²) in [5.41, 5.74) is -2.30. The van der Waals surface area contributed by atoms with Crippen LogP contribution in [0.5, 0.6) is 0 Å². The van der Waals surface area contributed by atoms with Crippen molar-refractivity contribution in [3.8, 4) is 0 Å². The van der Waals surface area contributed by atoms with E-state index in [1.165, 1.54) is 24.5 Å². The molecule has 2 aliphatic rings. The third kappa shape index (κ3) is 2.95. The maximum Gasteiger partial charge on any atom is 0.260 e. The monoisotopic (exact) mass is 474 g/mol. The molecule has 4 rings (SSSR count). The fraction of sp³-hybridized carbons (Fsp3) is 0.294. The number of alkyl halides is 2. The highest BCUT2D eigenvalue weighted by molar-refractivity contribution is 9.10. The third-order valence-corrected chi connectivity index (χ3v) is 5.66. The van der Waals surface area contributed by atoms with Crippen LogP contribution in [0.2, 0.25) is 5.02 Å². The van der Waals surface area contributed by atoms with Crippen molar-refractivity contribution in [3.63, 3.8) is 0 Å². The van der Waals surface area contributed by atoms with Gasteiger partial charge in [-0.1, -0.05) is 11.6 Å². The lowest BCUT2D eigenvalue weighted by molar-refractivity contribution is -0.117. The van der Waals surface area contributed by atoms with Gasteiger partial charge in [-0.05, 0) is 28.1 Å². The largest absolute Gasteiger partial charge is 0.328 e. The molecule has 1 N–H and O–H groups in total. The minimum Gasteiger partial charge on any atom is -0.328 e. The van der Waals surface area contributed by atoms with Crippen molar-refractivity contribution in [1.29, 1.82) is 0 Å². The van der Waals surface area contributed by atoms with Crippen LogP contribution in [0.25, 0.3) is 0 Å². The van der Waals surface area contributed by atoms with E-state index in [1.54, 1.807) is 0 Å². The summed E-state index contributed by atoms with van der Waals surface area (Å²) < 4.78 is 43.1. The quantitative estimate of drug-likeness (QED) is 0.738. The molecule has 1 aliphatic carbocycles.